The maximum absolute atomic E-state index is 13.0. The first-order valence-electron chi connectivity index (χ1n) is 5.83. The molecule has 0 aliphatic heterocycles. The van der Waals surface area contributed by atoms with Gasteiger partial charge < -0.3 is 11.1 Å². The molecule has 1 fully saturated rings. The van der Waals surface area contributed by atoms with Crippen LogP contribution in [0.1, 0.15) is 24.8 Å². The zero-order chi connectivity index (χ0) is 13.3. The predicted molar refractivity (Wildman–Crippen MR) is 72.8 cm³/mol. The molecule has 0 aromatic heterocycles. The summed E-state index contributed by atoms with van der Waals surface area (Å²) in [6.07, 6.45) is 2.33. The lowest BCUT2D eigenvalue weighted by atomic mass is 9.68. The Kier molecular flexibility index (Phi) is 3.34. The van der Waals surface area contributed by atoms with Crippen molar-refractivity contribution >= 4 is 28.8 Å². The number of thiocarbonyl (C=S) groups is 1. The van der Waals surface area contributed by atoms with Gasteiger partial charge in [0.2, 0.25) is 5.91 Å². The quantitative estimate of drug-likeness (QED) is 0.827. The Bertz CT molecular complexity index is 512. The highest BCUT2D eigenvalue weighted by atomic mass is 32.1. The normalized spacial score (nSPS) is 16.8. The fourth-order valence-electron chi connectivity index (χ4n) is 2.12. The zero-order valence-electron chi connectivity index (χ0n) is 10.1. The van der Waals surface area contributed by atoms with Gasteiger partial charge in [0.15, 0.2) is 0 Å². The van der Waals surface area contributed by atoms with E-state index < -0.39 is 5.41 Å². The van der Waals surface area contributed by atoms with Crippen molar-refractivity contribution in [1.29, 1.82) is 0 Å². The van der Waals surface area contributed by atoms with Crippen molar-refractivity contribution < 1.29 is 9.18 Å². The van der Waals surface area contributed by atoms with E-state index in [1.807, 2.05) is 0 Å². The summed E-state index contributed by atoms with van der Waals surface area (Å²) in [4.78, 5) is 12.5. The van der Waals surface area contributed by atoms with Gasteiger partial charge in [0.25, 0.3) is 0 Å². The molecule has 1 amide bonds. The third-order valence-electron chi connectivity index (χ3n) is 3.55. The summed E-state index contributed by atoms with van der Waals surface area (Å²) in [5.74, 6) is -0.505. The fraction of sp³-hybridized carbons (Fsp3) is 0.385. The summed E-state index contributed by atoms with van der Waals surface area (Å²) in [6, 6.07) is 4.25. The Morgan fingerprint density at radius 2 is 2.17 bits per heavy atom. The highest BCUT2D eigenvalue weighted by molar-refractivity contribution is 7.80. The lowest BCUT2D eigenvalue weighted by Crippen LogP contribution is -2.50. The molecule has 1 aliphatic rings. The number of carbonyl (C=O) groups is 1. The van der Waals surface area contributed by atoms with Crippen molar-refractivity contribution in [3.05, 3.63) is 29.6 Å². The lowest BCUT2D eigenvalue weighted by molar-refractivity contribution is -0.125. The molecule has 1 aromatic rings. The average molecular weight is 266 g/mol. The smallest absolute Gasteiger partial charge is 0.237 e. The van der Waals surface area contributed by atoms with Crippen LogP contribution in [0.3, 0.4) is 0 Å². The second-order valence-electron chi connectivity index (χ2n) is 4.71. The molecule has 96 valence electrons. The van der Waals surface area contributed by atoms with Crippen molar-refractivity contribution in [2.75, 3.05) is 5.32 Å². The number of nitrogens with two attached hydrogens (primary N) is 1. The van der Waals surface area contributed by atoms with Gasteiger partial charge in [-0.15, -0.1) is 0 Å². The van der Waals surface area contributed by atoms with E-state index in [0.717, 1.165) is 6.42 Å². The molecule has 0 heterocycles. The first-order chi connectivity index (χ1) is 8.45. The van der Waals surface area contributed by atoms with Crippen molar-refractivity contribution in [2.45, 2.75) is 26.2 Å². The highest BCUT2D eigenvalue weighted by Crippen LogP contribution is 2.42. The molecule has 5 heteroatoms. The van der Waals surface area contributed by atoms with E-state index in [1.54, 1.807) is 13.0 Å². The average Bonchev–Trinajstić information content (AvgIpc) is 2.19. The number of nitrogens with one attached hydrogen (secondary N) is 1. The minimum atomic E-state index is -0.712. The monoisotopic (exact) mass is 266 g/mol. The van der Waals surface area contributed by atoms with Gasteiger partial charge in [0, 0.05) is 5.69 Å². The number of rotatable bonds is 3. The molecule has 1 aliphatic carbocycles. The van der Waals surface area contributed by atoms with Crippen LogP contribution in [0.25, 0.3) is 0 Å². The van der Waals surface area contributed by atoms with Crippen LogP contribution in [0.15, 0.2) is 18.2 Å². The molecule has 3 nitrogen and oxygen atoms in total. The van der Waals surface area contributed by atoms with E-state index in [9.17, 15) is 9.18 Å². The van der Waals surface area contributed by atoms with E-state index in [1.165, 1.54) is 12.1 Å². The Hall–Kier alpha value is -1.49. The molecular formula is C13H15FN2OS. The Morgan fingerprint density at radius 1 is 1.50 bits per heavy atom. The third-order valence-corrected chi connectivity index (χ3v) is 3.94. The van der Waals surface area contributed by atoms with E-state index >= 15 is 0 Å². The van der Waals surface area contributed by atoms with E-state index in [2.05, 4.69) is 5.32 Å². The van der Waals surface area contributed by atoms with Crippen LogP contribution in [0.2, 0.25) is 0 Å². The topological polar surface area (TPSA) is 55.1 Å². The first-order valence-corrected chi connectivity index (χ1v) is 6.24. The van der Waals surface area contributed by atoms with E-state index in [0.29, 0.717) is 24.1 Å². The van der Waals surface area contributed by atoms with Gasteiger partial charge >= 0.3 is 0 Å². The van der Waals surface area contributed by atoms with Gasteiger partial charge in [-0.05, 0) is 43.5 Å². The van der Waals surface area contributed by atoms with Crippen LogP contribution in [-0.4, -0.2) is 10.9 Å². The summed E-state index contributed by atoms with van der Waals surface area (Å²) >= 11 is 4.98. The first kappa shape index (κ1) is 13.0. The summed E-state index contributed by atoms with van der Waals surface area (Å²) in [6.45, 7) is 1.74. The Morgan fingerprint density at radius 3 is 2.61 bits per heavy atom. The maximum atomic E-state index is 13.0. The van der Waals surface area contributed by atoms with Crippen LogP contribution in [-0.2, 0) is 4.79 Å². The standard InChI is InChI=1S/C13H15FN2OS/c1-8-7-9(14)3-4-10(8)16-12(17)13(11(15)18)5-2-6-13/h3-4,7H,2,5-6H2,1H3,(H2,15,18)(H,16,17). The highest BCUT2D eigenvalue weighted by Gasteiger charge is 2.47. The van der Waals surface area contributed by atoms with Gasteiger partial charge in [-0.25, -0.2) is 4.39 Å². The molecule has 0 unspecified atom stereocenters. The van der Waals surface area contributed by atoms with Crippen molar-refractivity contribution in [3.63, 3.8) is 0 Å². The Balaban J connectivity index is 2.19. The van der Waals surface area contributed by atoms with Crippen LogP contribution in [0, 0.1) is 18.2 Å². The molecule has 1 saturated carbocycles. The van der Waals surface area contributed by atoms with Crippen LogP contribution >= 0.6 is 12.2 Å². The number of benzene rings is 1. The molecular weight excluding hydrogens is 251 g/mol. The second kappa shape index (κ2) is 4.65. The van der Waals surface area contributed by atoms with Gasteiger partial charge in [0.1, 0.15) is 5.82 Å². The molecule has 3 N–H and O–H groups in total. The Labute approximate surface area is 111 Å². The van der Waals surface area contributed by atoms with Crippen molar-refractivity contribution in [1.82, 2.24) is 0 Å². The number of hydrogen-bond donors (Lipinski definition) is 2. The fourth-order valence-corrected chi connectivity index (χ4v) is 2.42. The second-order valence-corrected chi connectivity index (χ2v) is 5.15. The van der Waals surface area contributed by atoms with E-state index in [-0.39, 0.29) is 16.7 Å². The number of halogens is 1. The number of aryl methyl sites for hydroxylation is 1. The largest absolute Gasteiger partial charge is 0.392 e. The molecule has 0 spiro atoms. The lowest BCUT2D eigenvalue weighted by Gasteiger charge is -2.39. The molecule has 0 atom stereocenters. The van der Waals surface area contributed by atoms with Gasteiger partial charge in [0.05, 0.1) is 10.4 Å². The summed E-state index contributed by atoms with van der Waals surface area (Å²) in [5.41, 5.74) is 6.23. The number of hydrogen-bond acceptors (Lipinski definition) is 2. The van der Waals surface area contributed by atoms with E-state index in [4.69, 9.17) is 18.0 Å². The van der Waals surface area contributed by atoms with Gasteiger partial charge in [-0.1, -0.05) is 18.6 Å². The molecule has 2 rings (SSSR count). The van der Waals surface area contributed by atoms with Crippen LogP contribution in [0.4, 0.5) is 10.1 Å². The molecule has 0 bridgehead atoms. The minimum absolute atomic E-state index is 0.184. The maximum Gasteiger partial charge on any atom is 0.237 e. The van der Waals surface area contributed by atoms with Crippen LogP contribution < -0.4 is 11.1 Å². The number of amides is 1. The summed E-state index contributed by atoms with van der Waals surface area (Å²) in [7, 11) is 0. The number of carbonyl (C=O) groups excluding carboxylic acids is 1. The zero-order valence-corrected chi connectivity index (χ0v) is 10.9. The summed E-state index contributed by atoms with van der Waals surface area (Å²) < 4.78 is 13.0. The summed E-state index contributed by atoms with van der Waals surface area (Å²) in [5, 5.41) is 2.79. The molecule has 18 heavy (non-hydrogen) atoms. The molecule has 0 saturated heterocycles. The molecule has 0 radical (unpaired) electrons. The van der Waals surface area contributed by atoms with Crippen LogP contribution in [0.5, 0.6) is 0 Å². The van der Waals surface area contributed by atoms with Crippen molar-refractivity contribution in [3.8, 4) is 0 Å². The molecule has 1 aromatic carbocycles. The predicted octanol–water partition coefficient (Wildman–Crippen LogP) is 2.53. The minimum Gasteiger partial charge on any atom is -0.392 e. The SMILES string of the molecule is Cc1cc(F)ccc1NC(=O)C1(C(N)=S)CCC1. The third kappa shape index (κ3) is 2.10. The number of anilines is 1. The van der Waals surface area contributed by atoms with Crippen molar-refractivity contribution in [2.24, 2.45) is 11.1 Å². The van der Waals surface area contributed by atoms with Gasteiger partial charge in [-0.2, -0.15) is 0 Å². The van der Waals surface area contributed by atoms with Gasteiger partial charge in [-0.3, -0.25) is 4.79 Å².